The summed E-state index contributed by atoms with van der Waals surface area (Å²) in [5.74, 6) is 6.14. The molecule has 2 unspecified atom stereocenters. The molecule has 15 heavy (non-hydrogen) atoms. The maximum Gasteiger partial charge on any atom is 0.0538 e. The summed E-state index contributed by atoms with van der Waals surface area (Å²) in [6.45, 7) is 7.40. The summed E-state index contributed by atoms with van der Waals surface area (Å²) < 4.78 is 1.93. The van der Waals surface area contributed by atoms with Gasteiger partial charge in [-0.15, -0.1) is 0 Å². The molecule has 3 N–H and O–H groups in total. The minimum Gasteiger partial charge on any atom is -0.273 e. The first-order valence-electron chi connectivity index (χ1n) is 5.71. The summed E-state index contributed by atoms with van der Waals surface area (Å²) in [4.78, 5) is 0. The highest BCUT2D eigenvalue weighted by Crippen LogP contribution is 2.24. The zero-order valence-corrected chi connectivity index (χ0v) is 9.90. The second-order valence-corrected chi connectivity index (χ2v) is 4.04. The van der Waals surface area contributed by atoms with Crippen molar-refractivity contribution >= 4 is 0 Å². The lowest BCUT2D eigenvalue weighted by atomic mass is 9.93. The van der Waals surface area contributed by atoms with Crippen molar-refractivity contribution in [3.63, 3.8) is 0 Å². The minimum absolute atomic E-state index is 0.213. The van der Waals surface area contributed by atoms with Crippen molar-refractivity contribution in [1.29, 1.82) is 0 Å². The van der Waals surface area contributed by atoms with E-state index in [0.717, 1.165) is 6.54 Å². The third-order valence-electron chi connectivity index (χ3n) is 2.83. The first-order chi connectivity index (χ1) is 7.22. The molecule has 0 spiro atoms. The van der Waals surface area contributed by atoms with Crippen LogP contribution in [0.25, 0.3) is 0 Å². The number of hydrogen-bond acceptors (Lipinski definition) is 3. The van der Waals surface area contributed by atoms with E-state index in [1.165, 1.54) is 18.4 Å². The highest BCUT2D eigenvalue weighted by Gasteiger charge is 2.18. The summed E-state index contributed by atoms with van der Waals surface area (Å²) >= 11 is 0. The van der Waals surface area contributed by atoms with Crippen LogP contribution in [0.15, 0.2) is 12.4 Å². The standard InChI is InChI=1S/C11H22N4/c1-4-6-9(3)11(14-12)10-7-13-15(5-2)8-10/h7-9,11,14H,4-6,12H2,1-3H3. The Labute approximate surface area is 91.8 Å². The molecule has 86 valence electrons. The molecule has 0 aromatic carbocycles. The normalized spacial score (nSPS) is 15.2. The van der Waals surface area contributed by atoms with Crippen LogP contribution in [0.2, 0.25) is 0 Å². The Morgan fingerprint density at radius 3 is 2.73 bits per heavy atom. The maximum absolute atomic E-state index is 5.60. The summed E-state index contributed by atoms with van der Waals surface area (Å²) in [6, 6.07) is 0.213. The van der Waals surface area contributed by atoms with Gasteiger partial charge in [0.05, 0.1) is 12.2 Å². The molecule has 0 aliphatic carbocycles. The molecule has 1 heterocycles. The molecular weight excluding hydrogens is 188 g/mol. The first kappa shape index (κ1) is 12.2. The lowest BCUT2D eigenvalue weighted by molar-refractivity contribution is 0.368. The molecule has 2 atom stereocenters. The van der Waals surface area contributed by atoms with E-state index in [0.29, 0.717) is 5.92 Å². The SMILES string of the molecule is CCCC(C)C(NN)c1cnn(CC)c1. The van der Waals surface area contributed by atoms with E-state index < -0.39 is 0 Å². The molecule has 0 fully saturated rings. The Kier molecular flexibility index (Phi) is 4.78. The number of hydrazine groups is 1. The second-order valence-electron chi connectivity index (χ2n) is 4.04. The molecule has 0 aliphatic heterocycles. The average molecular weight is 210 g/mol. The Bertz CT molecular complexity index is 282. The molecule has 0 bridgehead atoms. The van der Waals surface area contributed by atoms with Crippen LogP contribution in [0.4, 0.5) is 0 Å². The van der Waals surface area contributed by atoms with Crippen LogP contribution < -0.4 is 11.3 Å². The topological polar surface area (TPSA) is 55.9 Å². The van der Waals surface area contributed by atoms with Gasteiger partial charge >= 0.3 is 0 Å². The molecular formula is C11H22N4. The molecule has 0 aliphatic rings. The number of hydrogen-bond donors (Lipinski definition) is 2. The average Bonchev–Trinajstić information content (AvgIpc) is 2.68. The van der Waals surface area contributed by atoms with Crippen LogP contribution in [0, 0.1) is 5.92 Å². The van der Waals surface area contributed by atoms with Gasteiger partial charge in [-0.25, -0.2) is 0 Å². The highest BCUT2D eigenvalue weighted by molar-refractivity contribution is 5.11. The largest absolute Gasteiger partial charge is 0.273 e. The molecule has 0 radical (unpaired) electrons. The fourth-order valence-electron chi connectivity index (χ4n) is 1.92. The molecule has 0 amide bonds. The van der Waals surface area contributed by atoms with Crippen molar-refractivity contribution in [1.82, 2.24) is 15.2 Å². The highest BCUT2D eigenvalue weighted by atomic mass is 15.3. The predicted octanol–water partition coefficient (Wildman–Crippen LogP) is 1.84. The van der Waals surface area contributed by atoms with Crippen LogP contribution in [-0.2, 0) is 6.54 Å². The smallest absolute Gasteiger partial charge is 0.0538 e. The van der Waals surface area contributed by atoms with Crippen molar-refractivity contribution in [2.45, 2.75) is 46.2 Å². The Morgan fingerprint density at radius 2 is 2.27 bits per heavy atom. The van der Waals surface area contributed by atoms with Gasteiger partial charge in [-0.2, -0.15) is 5.10 Å². The molecule has 0 saturated carbocycles. The molecule has 1 rings (SSSR count). The first-order valence-corrected chi connectivity index (χ1v) is 5.71. The van der Waals surface area contributed by atoms with E-state index >= 15 is 0 Å². The van der Waals surface area contributed by atoms with Gasteiger partial charge in [-0.3, -0.25) is 16.0 Å². The van der Waals surface area contributed by atoms with E-state index in [-0.39, 0.29) is 6.04 Å². The second kappa shape index (κ2) is 5.88. The number of aromatic nitrogens is 2. The minimum atomic E-state index is 0.213. The lowest BCUT2D eigenvalue weighted by Crippen LogP contribution is -2.32. The summed E-state index contributed by atoms with van der Waals surface area (Å²) in [5, 5.41) is 4.27. The fraction of sp³-hybridized carbons (Fsp3) is 0.727. The van der Waals surface area contributed by atoms with Crippen LogP contribution in [0.1, 0.15) is 45.2 Å². The number of nitrogens with zero attached hydrogens (tertiary/aromatic N) is 2. The molecule has 4 heteroatoms. The Balaban J connectivity index is 2.72. The van der Waals surface area contributed by atoms with Gasteiger partial charge in [0.15, 0.2) is 0 Å². The van der Waals surface area contributed by atoms with E-state index in [4.69, 9.17) is 5.84 Å². The molecule has 0 saturated heterocycles. The third-order valence-corrected chi connectivity index (χ3v) is 2.83. The van der Waals surface area contributed by atoms with Gasteiger partial charge in [0.1, 0.15) is 0 Å². The zero-order valence-electron chi connectivity index (χ0n) is 9.90. The summed E-state index contributed by atoms with van der Waals surface area (Å²) in [6.07, 6.45) is 6.32. The monoisotopic (exact) mass is 210 g/mol. The van der Waals surface area contributed by atoms with Gasteiger partial charge in [-0.05, 0) is 19.3 Å². The summed E-state index contributed by atoms with van der Waals surface area (Å²) in [5.41, 5.74) is 4.07. The third kappa shape index (κ3) is 3.04. The molecule has 1 aromatic rings. The van der Waals surface area contributed by atoms with Crippen LogP contribution >= 0.6 is 0 Å². The zero-order chi connectivity index (χ0) is 11.3. The van der Waals surface area contributed by atoms with E-state index in [1.807, 2.05) is 10.9 Å². The molecule has 1 aromatic heterocycles. The number of nitrogens with two attached hydrogens (primary N) is 1. The fourth-order valence-corrected chi connectivity index (χ4v) is 1.92. The van der Waals surface area contributed by atoms with Crippen LogP contribution in [0.5, 0.6) is 0 Å². The number of aryl methyl sites for hydroxylation is 1. The summed E-state index contributed by atoms with van der Waals surface area (Å²) in [7, 11) is 0. The molecule has 4 nitrogen and oxygen atoms in total. The predicted molar refractivity (Wildman–Crippen MR) is 62.0 cm³/mol. The van der Waals surface area contributed by atoms with E-state index in [9.17, 15) is 0 Å². The van der Waals surface area contributed by atoms with Crippen LogP contribution in [0.3, 0.4) is 0 Å². The quantitative estimate of drug-likeness (QED) is 0.556. The van der Waals surface area contributed by atoms with Crippen molar-refractivity contribution in [3.05, 3.63) is 18.0 Å². The lowest BCUT2D eigenvalue weighted by Gasteiger charge is -2.21. The van der Waals surface area contributed by atoms with Crippen molar-refractivity contribution in [2.24, 2.45) is 11.8 Å². The van der Waals surface area contributed by atoms with Crippen molar-refractivity contribution in [2.75, 3.05) is 0 Å². The number of rotatable bonds is 6. The van der Waals surface area contributed by atoms with Crippen molar-refractivity contribution < 1.29 is 0 Å². The van der Waals surface area contributed by atoms with Gasteiger partial charge in [0.2, 0.25) is 0 Å². The van der Waals surface area contributed by atoms with Gasteiger partial charge in [-0.1, -0.05) is 20.3 Å². The van der Waals surface area contributed by atoms with Gasteiger partial charge in [0, 0.05) is 18.3 Å². The van der Waals surface area contributed by atoms with Crippen LogP contribution in [-0.4, -0.2) is 9.78 Å². The Morgan fingerprint density at radius 1 is 1.53 bits per heavy atom. The Hall–Kier alpha value is -0.870. The van der Waals surface area contributed by atoms with Gasteiger partial charge in [0.25, 0.3) is 0 Å². The van der Waals surface area contributed by atoms with Crippen molar-refractivity contribution in [3.8, 4) is 0 Å². The number of nitrogens with one attached hydrogen (secondary N) is 1. The van der Waals surface area contributed by atoms with E-state index in [2.05, 4.69) is 37.5 Å². The van der Waals surface area contributed by atoms with E-state index in [1.54, 1.807) is 0 Å². The maximum atomic E-state index is 5.60. The van der Waals surface area contributed by atoms with Gasteiger partial charge < -0.3 is 0 Å².